The average Bonchev–Trinajstić information content (AvgIpc) is 2.75. The first-order valence-electron chi connectivity index (χ1n) is 11.8. The van der Waals surface area contributed by atoms with Crippen LogP contribution in [0.1, 0.15) is 70.6 Å². The zero-order valence-corrected chi connectivity index (χ0v) is 18.8. The fourth-order valence-corrected chi connectivity index (χ4v) is 5.38. The van der Waals surface area contributed by atoms with Crippen molar-refractivity contribution in [2.75, 3.05) is 0 Å². The van der Waals surface area contributed by atoms with Gasteiger partial charge >= 0.3 is 0 Å². The number of hydrogen-bond acceptors (Lipinski definition) is 4. The van der Waals surface area contributed by atoms with E-state index in [9.17, 15) is 9.59 Å². The first kappa shape index (κ1) is 22.4. The van der Waals surface area contributed by atoms with Crippen molar-refractivity contribution in [3.8, 4) is 5.75 Å². The highest BCUT2D eigenvalue weighted by Gasteiger charge is 2.37. The van der Waals surface area contributed by atoms with Crippen LogP contribution in [0.2, 0.25) is 5.02 Å². The van der Waals surface area contributed by atoms with E-state index in [1.165, 1.54) is 6.42 Å². The minimum atomic E-state index is -0.00118. The lowest BCUT2D eigenvalue weighted by atomic mass is 9.82. The molecule has 6 nitrogen and oxygen atoms in total. The van der Waals surface area contributed by atoms with Gasteiger partial charge in [0.05, 0.1) is 18.2 Å². The number of carbonyl (C=O) groups is 2. The molecule has 3 aliphatic rings. The van der Waals surface area contributed by atoms with Crippen LogP contribution in [-0.4, -0.2) is 36.2 Å². The maximum absolute atomic E-state index is 12.4. The summed E-state index contributed by atoms with van der Waals surface area (Å²) in [6.45, 7) is 0. The summed E-state index contributed by atoms with van der Waals surface area (Å²) in [6.07, 6.45) is 10.4. The van der Waals surface area contributed by atoms with Crippen LogP contribution in [0.4, 0.5) is 0 Å². The van der Waals surface area contributed by atoms with Crippen LogP contribution < -0.4 is 20.7 Å². The number of nitrogens with one attached hydrogen (secondary N) is 3. The molecule has 1 aromatic rings. The highest BCUT2D eigenvalue weighted by atomic mass is 35.5. The van der Waals surface area contributed by atoms with Crippen LogP contribution in [0.5, 0.6) is 5.75 Å². The van der Waals surface area contributed by atoms with E-state index in [1.807, 2.05) is 24.3 Å². The summed E-state index contributed by atoms with van der Waals surface area (Å²) >= 11 is 6.02. The number of ether oxygens (including phenoxy) is 1. The molecule has 2 aliphatic carbocycles. The molecule has 3 fully saturated rings. The molecule has 1 aromatic carbocycles. The van der Waals surface area contributed by atoms with Gasteiger partial charge in [-0.3, -0.25) is 14.9 Å². The van der Waals surface area contributed by atoms with Crippen molar-refractivity contribution in [3.05, 3.63) is 29.3 Å². The van der Waals surface area contributed by atoms with Crippen LogP contribution in [0.25, 0.3) is 0 Å². The van der Waals surface area contributed by atoms with Crippen LogP contribution in [0.3, 0.4) is 0 Å². The minimum absolute atomic E-state index is 0.00118. The molecule has 0 bridgehead atoms. The molecular formula is C24H34ClN3O3. The van der Waals surface area contributed by atoms with E-state index in [2.05, 4.69) is 16.0 Å². The third kappa shape index (κ3) is 6.36. The van der Waals surface area contributed by atoms with Crippen molar-refractivity contribution >= 4 is 23.4 Å². The Morgan fingerprint density at radius 3 is 2.74 bits per heavy atom. The van der Waals surface area contributed by atoms with E-state index in [4.69, 9.17) is 16.3 Å². The highest BCUT2D eigenvalue weighted by molar-refractivity contribution is 6.30. The molecule has 4 rings (SSSR count). The molecule has 3 atom stereocenters. The predicted molar refractivity (Wildman–Crippen MR) is 121 cm³/mol. The van der Waals surface area contributed by atoms with E-state index >= 15 is 0 Å². The number of rotatable bonds is 7. The maximum atomic E-state index is 12.4. The average molecular weight is 448 g/mol. The standard InChI is InChI=1S/C24H34ClN3O3/c25-16-5-3-6-19(15-16)31-18-13-11-17(12-14-18)26-23(29)10-4-9-22-27-21-8-2-1-7-20(21)24(30)28-22/h3,5-6,15,17-18,20-22,27H,1-2,4,7-14H2,(H,26,29)(H,28,30). The fraction of sp³-hybridized carbons (Fsp3) is 0.667. The predicted octanol–water partition coefficient (Wildman–Crippen LogP) is 3.92. The number of halogens is 1. The largest absolute Gasteiger partial charge is 0.490 e. The molecule has 1 aliphatic heterocycles. The Bertz CT molecular complexity index is 766. The van der Waals surface area contributed by atoms with Gasteiger partial charge in [-0.25, -0.2) is 0 Å². The topological polar surface area (TPSA) is 79.5 Å². The van der Waals surface area contributed by atoms with Crippen molar-refractivity contribution in [2.45, 2.75) is 95.0 Å². The van der Waals surface area contributed by atoms with Crippen molar-refractivity contribution < 1.29 is 14.3 Å². The smallest absolute Gasteiger partial charge is 0.225 e. The minimum Gasteiger partial charge on any atom is -0.490 e. The maximum Gasteiger partial charge on any atom is 0.225 e. The van der Waals surface area contributed by atoms with Gasteiger partial charge in [-0.15, -0.1) is 0 Å². The summed E-state index contributed by atoms with van der Waals surface area (Å²) in [5.74, 6) is 1.24. The van der Waals surface area contributed by atoms with Gasteiger partial charge in [0, 0.05) is 23.5 Å². The third-order valence-electron chi connectivity index (χ3n) is 6.87. The summed E-state index contributed by atoms with van der Waals surface area (Å²) in [5, 5.41) is 10.5. The fourth-order valence-electron chi connectivity index (χ4n) is 5.20. The van der Waals surface area contributed by atoms with Crippen LogP contribution in [0, 0.1) is 5.92 Å². The van der Waals surface area contributed by atoms with Crippen molar-refractivity contribution in [2.24, 2.45) is 5.92 Å². The molecule has 1 heterocycles. The summed E-state index contributed by atoms with van der Waals surface area (Å²) in [5.41, 5.74) is 0. The van der Waals surface area contributed by atoms with E-state index in [-0.39, 0.29) is 36.0 Å². The monoisotopic (exact) mass is 447 g/mol. The van der Waals surface area contributed by atoms with Gasteiger partial charge < -0.3 is 15.4 Å². The van der Waals surface area contributed by atoms with Gasteiger partial charge in [0.25, 0.3) is 0 Å². The second-order valence-electron chi connectivity index (χ2n) is 9.23. The molecule has 7 heteroatoms. The van der Waals surface area contributed by atoms with Crippen molar-refractivity contribution in [1.82, 2.24) is 16.0 Å². The first-order chi connectivity index (χ1) is 15.1. The van der Waals surface area contributed by atoms with Gasteiger partial charge in [0.15, 0.2) is 0 Å². The first-order valence-corrected chi connectivity index (χ1v) is 12.2. The quantitative estimate of drug-likeness (QED) is 0.591. The van der Waals surface area contributed by atoms with Gasteiger partial charge in [-0.05, 0) is 69.6 Å². The lowest BCUT2D eigenvalue weighted by Crippen LogP contribution is -2.62. The second-order valence-corrected chi connectivity index (χ2v) is 9.67. The Morgan fingerprint density at radius 2 is 1.94 bits per heavy atom. The van der Waals surface area contributed by atoms with E-state index in [1.54, 1.807) is 0 Å². The molecule has 0 radical (unpaired) electrons. The van der Waals surface area contributed by atoms with Crippen LogP contribution >= 0.6 is 11.6 Å². The third-order valence-corrected chi connectivity index (χ3v) is 7.10. The molecular weight excluding hydrogens is 414 g/mol. The lowest BCUT2D eigenvalue weighted by Gasteiger charge is -2.40. The summed E-state index contributed by atoms with van der Waals surface area (Å²) in [7, 11) is 0. The summed E-state index contributed by atoms with van der Waals surface area (Å²) in [6, 6.07) is 8.04. The Labute approximate surface area is 189 Å². The molecule has 2 saturated carbocycles. The normalized spacial score (nSPS) is 30.7. The van der Waals surface area contributed by atoms with Crippen molar-refractivity contribution in [1.29, 1.82) is 0 Å². The molecule has 0 spiro atoms. The number of carbonyl (C=O) groups excluding carboxylic acids is 2. The Balaban J connectivity index is 1.11. The van der Waals surface area contributed by atoms with E-state index in [0.29, 0.717) is 17.5 Å². The number of hydrogen-bond donors (Lipinski definition) is 3. The zero-order valence-electron chi connectivity index (χ0n) is 18.1. The second kappa shape index (κ2) is 10.7. The molecule has 3 unspecified atom stereocenters. The van der Waals surface area contributed by atoms with Crippen LogP contribution in [0.15, 0.2) is 24.3 Å². The molecule has 31 heavy (non-hydrogen) atoms. The number of benzene rings is 1. The van der Waals surface area contributed by atoms with Crippen LogP contribution in [-0.2, 0) is 9.59 Å². The van der Waals surface area contributed by atoms with Crippen molar-refractivity contribution in [3.63, 3.8) is 0 Å². The van der Waals surface area contributed by atoms with Gasteiger partial charge in [-0.2, -0.15) is 0 Å². The Morgan fingerprint density at radius 1 is 1.13 bits per heavy atom. The SMILES string of the molecule is O=C(CCCC1NC(=O)C2CCCCC2N1)NC1CCC(Oc2cccc(Cl)c2)CC1. The highest BCUT2D eigenvalue weighted by Crippen LogP contribution is 2.28. The molecule has 3 N–H and O–H groups in total. The summed E-state index contributed by atoms with van der Waals surface area (Å²) < 4.78 is 6.03. The van der Waals surface area contributed by atoms with E-state index < -0.39 is 0 Å². The molecule has 0 aromatic heterocycles. The molecule has 170 valence electrons. The van der Waals surface area contributed by atoms with Gasteiger partial charge in [-0.1, -0.05) is 30.5 Å². The van der Waals surface area contributed by atoms with E-state index in [0.717, 1.165) is 63.5 Å². The van der Waals surface area contributed by atoms with Gasteiger partial charge in [0.2, 0.25) is 11.8 Å². The summed E-state index contributed by atoms with van der Waals surface area (Å²) in [4.78, 5) is 24.7. The molecule has 2 amide bonds. The lowest BCUT2D eigenvalue weighted by molar-refractivity contribution is -0.130. The van der Waals surface area contributed by atoms with Gasteiger partial charge in [0.1, 0.15) is 5.75 Å². The zero-order chi connectivity index (χ0) is 21.6. The number of fused-ring (bicyclic) bond motifs is 1. The Hall–Kier alpha value is -1.79. The Kier molecular flexibility index (Phi) is 7.72. The molecule has 1 saturated heterocycles. The number of amides is 2.